The van der Waals surface area contributed by atoms with Crippen molar-refractivity contribution in [3.05, 3.63) is 48.0 Å². The highest BCUT2D eigenvalue weighted by Gasteiger charge is 2.35. The van der Waals surface area contributed by atoms with Gasteiger partial charge in [-0.15, -0.1) is 0 Å². The Labute approximate surface area is 193 Å². The first kappa shape index (κ1) is 23.6. The Morgan fingerprint density at radius 1 is 1.15 bits per heavy atom. The second kappa shape index (κ2) is 9.36. The number of ether oxygens (including phenoxy) is 1. The molecule has 1 aliphatic rings. The molecule has 0 spiro atoms. The molecule has 34 heavy (non-hydrogen) atoms. The number of hydrogen-bond donors (Lipinski definition) is 2. The van der Waals surface area contributed by atoms with Crippen LogP contribution in [0.1, 0.15) is 38.7 Å². The molecule has 0 unspecified atom stereocenters. The molecule has 1 fully saturated rings. The van der Waals surface area contributed by atoms with Crippen molar-refractivity contribution in [2.24, 2.45) is 5.92 Å². The molecule has 1 aromatic heterocycles. The highest BCUT2D eigenvalue weighted by molar-refractivity contribution is 5.70. The van der Waals surface area contributed by atoms with Crippen LogP contribution in [0, 0.1) is 5.92 Å². The lowest BCUT2D eigenvalue weighted by atomic mass is 10.1. The molecule has 2 atom stereocenters. The van der Waals surface area contributed by atoms with Crippen molar-refractivity contribution in [2.75, 3.05) is 5.32 Å². The molecule has 0 saturated heterocycles. The highest BCUT2D eigenvalue weighted by Crippen LogP contribution is 2.39. The molecule has 3 aromatic rings. The minimum atomic E-state index is -4.60. The van der Waals surface area contributed by atoms with E-state index < -0.39 is 23.8 Å². The minimum absolute atomic E-state index is 0.0319. The van der Waals surface area contributed by atoms with Crippen molar-refractivity contribution >= 4 is 11.7 Å². The molecule has 7 nitrogen and oxygen atoms in total. The number of anilines is 1. The van der Waals surface area contributed by atoms with E-state index in [9.17, 15) is 18.0 Å². The molecule has 0 bridgehead atoms. The van der Waals surface area contributed by atoms with Crippen LogP contribution in [0.25, 0.3) is 22.8 Å². The Balaban J connectivity index is 1.50. The summed E-state index contributed by atoms with van der Waals surface area (Å²) in [6.07, 6.45) is -3.00. The largest absolute Gasteiger partial charge is 0.490 e. The summed E-state index contributed by atoms with van der Waals surface area (Å²) in [4.78, 5) is 15.4. The molecule has 180 valence electrons. The fourth-order valence-corrected chi connectivity index (χ4v) is 3.99. The normalized spacial score (nSPS) is 18.3. The number of carboxylic acid groups (broad SMARTS) is 1. The number of alkyl halides is 3. The predicted octanol–water partition coefficient (Wildman–Crippen LogP) is 5.87. The molecule has 1 aliphatic carbocycles. The molecule has 0 amide bonds. The summed E-state index contributed by atoms with van der Waals surface area (Å²) in [5.74, 6) is -1.14. The van der Waals surface area contributed by atoms with Crippen LogP contribution in [-0.2, 0) is 11.0 Å². The van der Waals surface area contributed by atoms with Crippen molar-refractivity contribution in [1.29, 1.82) is 0 Å². The van der Waals surface area contributed by atoms with Crippen molar-refractivity contribution in [3.8, 4) is 28.6 Å². The van der Waals surface area contributed by atoms with E-state index in [2.05, 4.69) is 15.5 Å². The third kappa shape index (κ3) is 5.32. The number of hydrogen-bond acceptors (Lipinski definition) is 6. The zero-order valence-corrected chi connectivity index (χ0v) is 18.6. The first-order valence-electron chi connectivity index (χ1n) is 10.9. The molecule has 10 heteroatoms. The van der Waals surface area contributed by atoms with E-state index in [0.717, 1.165) is 18.2 Å². The van der Waals surface area contributed by atoms with Gasteiger partial charge >= 0.3 is 12.1 Å². The average Bonchev–Trinajstić information content (AvgIpc) is 3.44. The zero-order valence-electron chi connectivity index (χ0n) is 18.6. The standard InChI is InChI=1S/C24H24F3N3O4/c1-13(2)33-20-10-6-15(12-19(20)24(25,26)27)21-29-22(34-30-21)14-3-7-17(8-4-14)28-18-9-5-16(11-18)23(31)32/h3-4,6-8,10,12-13,16,18,28H,5,9,11H2,1-2H3,(H,31,32)/t16-,18+/m1/s1. The summed E-state index contributed by atoms with van der Waals surface area (Å²) in [6, 6.07) is 10.9. The molecule has 0 aliphatic heterocycles. The maximum atomic E-state index is 13.5. The monoisotopic (exact) mass is 475 g/mol. The second-order valence-electron chi connectivity index (χ2n) is 8.57. The van der Waals surface area contributed by atoms with E-state index in [1.165, 1.54) is 12.1 Å². The Kier molecular flexibility index (Phi) is 6.49. The Morgan fingerprint density at radius 3 is 2.47 bits per heavy atom. The highest BCUT2D eigenvalue weighted by atomic mass is 19.4. The van der Waals surface area contributed by atoms with Crippen LogP contribution in [0.5, 0.6) is 5.75 Å². The third-order valence-corrected chi connectivity index (χ3v) is 5.62. The zero-order chi connectivity index (χ0) is 24.5. The SMILES string of the molecule is CC(C)Oc1ccc(-c2noc(-c3ccc(N[C@H]4CC[C@@H](C(=O)O)C4)cc3)n2)cc1C(F)(F)F. The number of benzene rings is 2. The number of nitrogens with one attached hydrogen (secondary N) is 1. The van der Waals surface area contributed by atoms with Crippen LogP contribution in [0.4, 0.5) is 18.9 Å². The van der Waals surface area contributed by atoms with Crippen molar-refractivity contribution in [2.45, 2.75) is 51.4 Å². The smallest absolute Gasteiger partial charge is 0.419 e. The quantitative estimate of drug-likeness (QED) is 0.441. The summed E-state index contributed by atoms with van der Waals surface area (Å²) in [7, 11) is 0. The van der Waals surface area contributed by atoms with Gasteiger partial charge in [0.1, 0.15) is 5.75 Å². The van der Waals surface area contributed by atoms with Gasteiger partial charge in [0.2, 0.25) is 5.82 Å². The summed E-state index contributed by atoms with van der Waals surface area (Å²) < 4.78 is 51.2. The van der Waals surface area contributed by atoms with Gasteiger partial charge in [-0.05, 0) is 75.6 Å². The van der Waals surface area contributed by atoms with Gasteiger partial charge in [0.25, 0.3) is 5.89 Å². The van der Waals surface area contributed by atoms with Gasteiger partial charge in [0.15, 0.2) is 0 Å². The fourth-order valence-electron chi connectivity index (χ4n) is 3.99. The van der Waals surface area contributed by atoms with Crippen LogP contribution >= 0.6 is 0 Å². The van der Waals surface area contributed by atoms with Crippen molar-refractivity contribution in [1.82, 2.24) is 10.1 Å². The van der Waals surface area contributed by atoms with E-state index in [4.69, 9.17) is 14.4 Å². The number of aromatic nitrogens is 2. The molecule has 2 aromatic carbocycles. The summed E-state index contributed by atoms with van der Waals surface area (Å²) in [6.45, 7) is 3.31. The predicted molar refractivity (Wildman–Crippen MR) is 118 cm³/mol. The van der Waals surface area contributed by atoms with Gasteiger partial charge in [-0.1, -0.05) is 5.16 Å². The van der Waals surface area contributed by atoms with E-state index in [-0.39, 0.29) is 35.0 Å². The molecule has 1 saturated carbocycles. The van der Waals surface area contributed by atoms with Gasteiger partial charge in [0, 0.05) is 22.9 Å². The number of nitrogens with zero attached hydrogens (tertiary/aromatic N) is 2. The Hall–Kier alpha value is -3.56. The Bertz CT molecular complexity index is 1160. The lowest BCUT2D eigenvalue weighted by Crippen LogP contribution is -2.17. The lowest BCUT2D eigenvalue weighted by Gasteiger charge is -2.16. The number of carboxylic acids is 1. The van der Waals surface area contributed by atoms with Crippen LogP contribution in [-0.4, -0.2) is 33.4 Å². The fraction of sp³-hybridized carbons (Fsp3) is 0.375. The number of halogens is 3. The maximum absolute atomic E-state index is 13.5. The van der Waals surface area contributed by atoms with Crippen molar-refractivity contribution < 1.29 is 32.3 Å². The molecule has 1 heterocycles. The Morgan fingerprint density at radius 2 is 1.85 bits per heavy atom. The van der Waals surface area contributed by atoms with E-state index in [1.807, 2.05) is 12.1 Å². The van der Waals surface area contributed by atoms with Gasteiger partial charge in [-0.3, -0.25) is 4.79 Å². The first-order chi connectivity index (χ1) is 16.1. The van der Waals surface area contributed by atoms with E-state index >= 15 is 0 Å². The minimum Gasteiger partial charge on any atom is -0.490 e. The summed E-state index contributed by atoms with van der Waals surface area (Å²) >= 11 is 0. The topological polar surface area (TPSA) is 97.5 Å². The van der Waals surface area contributed by atoms with Crippen LogP contribution in [0.3, 0.4) is 0 Å². The van der Waals surface area contributed by atoms with E-state index in [0.29, 0.717) is 18.4 Å². The van der Waals surface area contributed by atoms with Crippen LogP contribution in [0.2, 0.25) is 0 Å². The summed E-state index contributed by atoms with van der Waals surface area (Å²) in [5, 5.41) is 16.3. The van der Waals surface area contributed by atoms with E-state index in [1.54, 1.807) is 26.0 Å². The van der Waals surface area contributed by atoms with Crippen LogP contribution in [0.15, 0.2) is 47.0 Å². The molecular formula is C24H24F3N3O4. The maximum Gasteiger partial charge on any atom is 0.419 e. The number of carbonyl (C=O) groups is 1. The van der Waals surface area contributed by atoms with Crippen molar-refractivity contribution in [3.63, 3.8) is 0 Å². The molecule has 4 rings (SSSR count). The average molecular weight is 475 g/mol. The number of aliphatic carboxylic acids is 1. The van der Waals surface area contributed by atoms with Gasteiger partial charge in [0.05, 0.1) is 17.6 Å². The van der Waals surface area contributed by atoms with Crippen LogP contribution < -0.4 is 10.1 Å². The van der Waals surface area contributed by atoms with Gasteiger partial charge < -0.3 is 19.7 Å². The number of rotatable bonds is 7. The molecular weight excluding hydrogens is 451 g/mol. The van der Waals surface area contributed by atoms with Gasteiger partial charge in [-0.25, -0.2) is 0 Å². The first-order valence-corrected chi connectivity index (χ1v) is 10.9. The lowest BCUT2D eigenvalue weighted by molar-refractivity contribution is -0.141. The van der Waals surface area contributed by atoms with Gasteiger partial charge in [-0.2, -0.15) is 18.2 Å². The molecule has 2 N–H and O–H groups in total. The third-order valence-electron chi connectivity index (χ3n) is 5.62. The molecule has 0 radical (unpaired) electrons. The second-order valence-corrected chi connectivity index (χ2v) is 8.57. The summed E-state index contributed by atoms with van der Waals surface area (Å²) in [5.41, 5.74) is 0.688.